The number of nitrogens with zero attached hydrogens (tertiary/aromatic N) is 5. The minimum Gasteiger partial charge on any atom is -0.322 e. The summed E-state index contributed by atoms with van der Waals surface area (Å²) in [6.45, 7) is 0.194. The third-order valence-electron chi connectivity index (χ3n) is 5.49. The molecule has 2 N–H and O–H groups in total. The van der Waals surface area contributed by atoms with Crippen LogP contribution in [0.1, 0.15) is 18.3 Å². The number of rotatable bonds is 4. The smallest absolute Gasteiger partial charge is 0.195 e. The van der Waals surface area contributed by atoms with Gasteiger partial charge in [-0.3, -0.25) is 18.8 Å². The third kappa shape index (κ3) is 3.70. The average molecular weight is 482 g/mol. The van der Waals surface area contributed by atoms with Crippen LogP contribution in [0.25, 0.3) is 21.9 Å². The Labute approximate surface area is 184 Å². The van der Waals surface area contributed by atoms with Crippen LogP contribution in [0.3, 0.4) is 0 Å². The van der Waals surface area contributed by atoms with E-state index in [4.69, 9.17) is 16.6 Å². The van der Waals surface area contributed by atoms with E-state index < -0.39 is 20.4 Å². The number of benzene rings is 1. The highest BCUT2D eigenvalue weighted by molar-refractivity contribution is 8.24. The van der Waals surface area contributed by atoms with Gasteiger partial charge in [0.05, 0.1) is 41.1 Å². The molecule has 0 spiro atoms. The molecular weight excluding hydrogens is 462 g/mol. The van der Waals surface area contributed by atoms with Gasteiger partial charge in [0.25, 0.3) is 0 Å². The number of imidazole rings is 1. The largest absolute Gasteiger partial charge is 0.322 e. The fourth-order valence-corrected chi connectivity index (χ4v) is 6.90. The molecule has 1 saturated heterocycles. The number of aromatic nitrogens is 5. The second-order valence-electron chi connectivity index (χ2n) is 7.77. The van der Waals surface area contributed by atoms with E-state index in [0.29, 0.717) is 39.4 Å². The lowest BCUT2D eigenvalue weighted by atomic mass is 10.2. The first kappa shape index (κ1) is 20.7. The summed E-state index contributed by atoms with van der Waals surface area (Å²) in [7, 11) is -6.16. The molecule has 0 unspecified atom stereocenters. The Kier molecular flexibility index (Phi) is 4.79. The molecule has 1 aromatic carbocycles. The van der Waals surface area contributed by atoms with Crippen LogP contribution < -0.4 is 0 Å². The molecule has 9 nitrogen and oxygen atoms in total. The fourth-order valence-electron chi connectivity index (χ4n) is 4.16. The number of halogens is 1. The molecule has 3 aromatic heterocycles. The van der Waals surface area contributed by atoms with Crippen molar-refractivity contribution in [1.29, 1.82) is 0 Å². The van der Waals surface area contributed by atoms with Crippen molar-refractivity contribution in [1.82, 2.24) is 24.3 Å². The Morgan fingerprint density at radius 3 is 2.77 bits per heavy atom. The van der Waals surface area contributed by atoms with E-state index in [1.807, 2.05) is 10.6 Å². The van der Waals surface area contributed by atoms with Gasteiger partial charge in [-0.1, -0.05) is 11.6 Å². The Morgan fingerprint density at radius 1 is 1.26 bits per heavy atom. The molecule has 5 rings (SSSR count). The maximum atomic E-state index is 12.3. The van der Waals surface area contributed by atoms with E-state index in [9.17, 15) is 17.5 Å². The summed E-state index contributed by atoms with van der Waals surface area (Å²) in [5.74, 6) is 1.23. The van der Waals surface area contributed by atoms with Gasteiger partial charge in [-0.15, -0.1) is 0 Å². The van der Waals surface area contributed by atoms with Crippen molar-refractivity contribution in [3.05, 3.63) is 47.5 Å². The molecule has 0 radical (unpaired) electrons. The molecule has 1 atom stereocenters. The van der Waals surface area contributed by atoms with Gasteiger partial charge >= 0.3 is 0 Å². The normalized spacial score (nSPS) is 19.9. The lowest BCUT2D eigenvalue weighted by molar-refractivity contribution is 0.487. The van der Waals surface area contributed by atoms with E-state index in [1.165, 1.54) is 6.20 Å². The predicted molar refractivity (Wildman–Crippen MR) is 121 cm³/mol. The molecule has 1 aliphatic heterocycles. The number of hydrogen-bond donors (Lipinski definition) is 2. The first-order valence-corrected chi connectivity index (χ1v) is 13.7. The summed E-state index contributed by atoms with van der Waals surface area (Å²) in [5.41, 5.74) is 2.10. The summed E-state index contributed by atoms with van der Waals surface area (Å²) < 4.78 is 48.5. The molecule has 1 fully saturated rings. The van der Waals surface area contributed by atoms with E-state index in [0.717, 1.165) is 11.8 Å². The van der Waals surface area contributed by atoms with Gasteiger partial charge in [-0.05, 0) is 30.7 Å². The molecule has 4 aromatic rings. The van der Waals surface area contributed by atoms with Crippen LogP contribution >= 0.6 is 22.2 Å². The minimum atomic E-state index is -3.54. The second kappa shape index (κ2) is 7.17. The van der Waals surface area contributed by atoms with Crippen molar-refractivity contribution in [2.24, 2.45) is 0 Å². The van der Waals surface area contributed by atoms with Gasteiger partial charge in [0.1, 0.15) is 5.82 Å². The molecule has 1 aliphatic rings. The lowest BCUT2D eigenvalue weighted by Gasteiger charge is -2.26. The van der Waals surface area contributed by atoms with Crippen LogP contribution in [-0.4, -0.2) is 59.6 Å². The zero-order valence-electron chi connectivity index (χ0n) is 16.5. The molecule has 0 aliphatic carbocycles. The van der Waals surface area contributed by atoms with Gasteiger partial charge in [0, 0.05) is 28.6 Å². The Morgan fingerprint density at radius 2 is 2.06 bits per heavy atom. The average Bonchev–Trinajstić information content (AvgIpc) is 3.34. The Balaban J connectivity index is 1.67. The van der Waals surface area contributed by atoms with Gasteiger partial charge in [-0.25, -0.2) is 13.4 Å². The fraction of sp³-hybridized carbons (Fsp3) is 0.316. The quantitative estimate of drug-likeness (QED) is 0.456. The maximum absolute atomic E-state index is 12.3. The van der Waals surface area contributed by atoms with E-state index in [2.05, 4.69) is 10.1 Å². The monoisotopic (exact) mass is 481 g/mol. The molecule has 0 amide bonds. The number of sulfone groups is 1. The van der Waals surface area contributed by atoms with Crippen LogP contribution in [0, 0.1) is 0 Å². The number of fused-ring (bicyclic) bond motifs is 2. The van der Waals surface area contributed by atoms with E-state index in [-0.39, 0.29) is 23.4 Å². The van der Waals surface area contributed by atoms with Crippen LogP contribution in [0.5, 0.6) is 0 Å². The summed E-state index contributed by atoms with van der Waals surface area (Å²) in [6, 6.07) is 6.88. The maximum Gasteiger partial charge on any atom is 0.195 e. The van der Waals surface area contributed by atoms with Gasteiger partial charge < -0.3 is 4.57 Å². The van der Waals surface area contributed by atoms with Crippen molar-refractivity contribution in [3.8, 4) is 0 Å². The van der Waals surface area contributed by atoms with Crippen molar-refractivity contribution in [2.75, 3.05) is 17.8 Å². The van der Waals surface area contributed by atoms with Gasteiger partial charge in [0.15, 0.2) is 14.9 Å². The van der Waals surface area contributed by atoms with Crippen LogP contribution in [0.4, 0.5) is 0 Å². The molecule has 12 heteroatoms. The summed E-state index contributed by atoms with van der Waals surface area (Å²) in [4.78, 5) is 8.85. The van der Waals surface area contributed by atoms with Crippen molar-refractivity contribution < 1.29 is 17.5 Å². The predicted octanol–water partition coefficient (Wildman–Crippen LogP) is 3.58. The summed E-state index contributed by atoms with van der Waals surface area (Å²) >= 11 is 6.16. The molecule has 0 saturated carbocycles. The Bertz CT molecular complexity index is 1430. The highest BCUT2D eigenvalue weighted by Gasteiger charge is 2.32. The SMILES string of the molecule is CS(=O)(=O)c1nn(Cc2nc3cc(Cl)ccc3n2[C@@H]2CCS(O)(O)C2)c2cnccc12. The van der Waals surface area contributed by atoms with Crippen molar-refractivity contribution >= 4 is 54.0 Å². The minimum absolute atomic E-state index is 0.00866. The zero-order chi connectivity index (χ0) is 22.0. The first-order valence-electron chi connectivity index (χ1n) is 9.53. The molecular formula is C19H20ClN5O4S2. The van der Waals surface area contributed by atoms with E-state index >= 15 is 0 Å². The summed E-state index contributed by atoms with van der Waals surface area (Å²) in [5, 5.41) is 5.39. The Hall–Kier alpha value is -2.18. The second-order valence-corrected chi connectivity index (χ2v) is 12.5. The number of hydrogen-bond acceptors (Lipinski definition) is 7. The standard InChI is InChI=1S/C19H20ClN5O4S2/c1-30(26,27)19-14-4-6-21-9-17(14)24(23-19)10-18-22-15-8-12(20)2-3-16(15)25(18)13-5-7-31(28,29)11-13/h2-4,6,8-9,13,28-29H,5,7,10-11H2,1H3/t13-/m1/s1. The zero-order valence-corrected chi connectivity index (χ0v) is 18.9. The van der Waals surface area contributed by atoms with Gasteiger partial charge in [-0.2, -0.15) is 15.7 Å². The highest BCUT2D eigenvalue weighted by Crippen LogP contribution is 2.51. The molecule has 4 heterocycles. The molecule has 31 heavy (non-hydrogen) atoms. The first-order chi connectivity index (χ1) is 14.6. The number of pyridine rings is 1. The van der Waals surface area contributed by atoms with Crippen LogP contribution in [0.2, 0.25) is 5.02 Å². The van der Waals surface area contributed by atoms with Crippen molar-refractivity contribution in [3.63, 3.8) is 0 Å². The van der Waals surface area contributed by atoms with E-state index in [1.54, 1.807) is 29.1 Å². The third-order valence-corrected chi connectivity index (χ3v) is 8.54. The van der Waals surface area contributed by atoms with Crippen LogP contribution in [-0.2, 0) is 16.4 Å². The molecule has 0 bridgehead atoms. The van der Waals surface area contributed by atoms with Crippen molar-refractivity contribution in [2.45, 2.75) is 24.0 Å². The van der Waals surface area contributed by atoms with Gasteiger partial charge in [0.2, 0.25) is 0 Å². The van der Waals surface area contributed by atoms with Crippen LogP contribution in [0.15, 0.2) is 41.7 Å². The highest BCUT2D eigenvalue weighted by atomic mass is 35.5. The summed E-state index contributed by atoms with van der Waals surface area (Å²) in [6.07, 6.45) is 4.84. The molecule has 164 valence electrons. The topological polar surface area (TPSA) is 123 Å². The lowest BCUT2D eigenvalue weighted by Crippen LogP contribution is -2.16.